The number of hydrogen-bond acceptors (Lipinski definition) is 6. The van der Waals surface area contributed by atoms with E-state index in [-0.39, 0.29) is 5.92 Å². The van der Waals surface area contributed by atoms with E-state index in [0.29, 0.717) is 23.9 Å². The number of nitrogens with zero attached hydrogens (tertiary/aromatic N) is 2. The van der Waals surface area contributed by atoms with Gasteiger partial charge in [-0.1, -0.05) is 58.8 Å². The average molecular weight is 449 g/mol. The van der Waals surface area contributed by atoms with Crippen LogP contribution in [0.4, 0.5) is 0 Å². The molecule has 4 N–H and O–H groups in total. The Morgan fingerprint density at radius 2 is 1.88 bits per heavy atom. The Balaban J connectivity index is 4.99. The first-order valence-corrected chi connectivity index (χ1v) is 12.1. The SMILES string of the molecule is C/C=C(\N)O/C=C(\C)C(O)NC/C=C(\C=C/CC)C(C)/C=N\N(C)CC(CCC)CCC. The molecule has 0 heterocycles. The minimum atomic E-state index is -0.809. The van der Waals surface area contributed by atoms with Gasteiger partial charge in [-0.15, -0.1) is 0 Å². The van der Waals surface area contributed by atoms with Gasteiger partial charge >= 0.3 is 0 Å². The summed E-state index contributed by atoms with van der Waals surface area (Å²) in [6, 6.07) is 0. The summed E-state index contributed by atoms with van der Waals surface area (Å²) in [7, 11) is 2.06. The van der Waals surface area contributed by atoms with Crippen molar-refractivity contribution in [3.8, 4) is 0 Å². The quantitative estimate of drug-likeness (QED) is 0.0925. The smallest absolute Gasteiger partial charge is 0.185 e. The number of hydrazone groups is 1. The van der Waals surface area contributed by atoms with E-state index < -0.39 is 6.23 Å². The van der Waals surface area contributed by atoms with Crippen LogP contribution in [0.1, 0.15) is 73.6 Å². The molecule has 0 radical (unpaired) electrons. The molecule has 0 amide bonds. The monoisotopic (exact) mass is 448 g/mol. The summed E-state index contributed by atoms with van der Waals surface area (Å²) >= 11 is 0. The third-order valence-corrected chi connectivity index (χ3v) is 5.22. The molecule has 6 nitrogen and oxygen atoms in total. The van der Waals surface area contributed by atoms with Gasteiger partial charge in [-0.25, -0.2) is 0 Å². The Labute approximate surface area is 197 Å². The topological polar surface area (TPSA) is 83.1 Å². The highest BCUT2D eigenvalue weighted by atomic mass is 16.5. The molecule has 0 aliphatic carbocycles. The number of nitrogens with one attached hydrogen (secondary N) is 1. The van der Waals surface area contributed by atoms with Gasteiger partial charge in [0.05, 0.1) is 6.26 Å². The predicted octanol–water partition coefficient (Wildman–Crippen LogP) is 5.30. The van der Waals surface area contributed by atoms with Crippen molar-refractivity contribution in [1.82, 2.24) is 10.3 Å². The number of ether oxygens (including phenoxy) is 1. The molecule has 0 aliphatic heterocycles. The zero-order valence-electron chi connectivity index (χ0n) is 21.5. The van der Waals surface area contributed by atoms with Crippen molar-refractivity contribution in [2.24, 2.45) is 22.7 Å². The number of aliphatic hydroxyl groups is 1. The summed E-state index contributed by atoms with van der Waals surface area (Å²) < 4.78 is 5.23. The van der Waals surface area contributed by atoms with E-state index in [9.17, 15) is 5.11 Å². The van der Waals surface area contributed by atoms with Crippen LogP contribution in [0.5, 0.6) is 0 Å². The second kappa shape index (κ2) is 18.5. The molecule has 0 aromatic heterocycles. The second-order valence-corrected chi connectivity index (χ2v) is 8.33. The lowest BCUT2D eigenvalue weighted by molar-refractivity contribution is 0.172. The molecule has 2 atom stereocenters. The Kier molecular flexibility index (Phi) is 17.3. The second-order valence-electron chi connectivity index (χ2n) is 8.33. The lowest BCUT2D eigenvalue weighted by Crippen LogP contribution is -2.30. The van der Waals surface area contributed by atoms with Gasteiger partial charge in [-0.2, -0.15) is 5.10 Å². The molecule has 0 aromatic carbocycles. The van der Waals surface area contributed by atoms with Crippen molar-refractivity contribution >= 4 is 6.21 Å². The first-order chi connectivity index (χ1) is 15.3. The highest BCUT2D eigenvalue weighted by molar-refractivity contribution is 5.65. The van der Waals surface area contributed by atoms with Crippen LogP contribution < -0.4 is 11.1 Å². The summed E-state index contributed by atoms with van der Waals surface area (Å²) in [5.74, 6) is 1.17. The van der Waals surface area contributed by atoms with Crippen molar-refractivity contribution < 1.29 is 9.84 Å². The fourth-order valence-corrected chi connectivity index (χ4v) is 3.27. The van der Waals surface area contributed by atoms with Crippen LogP contribution in [0.3, 0.4) is 0 Å². The first-order valence-electron chi connectivity index (χ1n) is 12.1. The van der Waals surface area contributed by atoms with Gasteiger partial charge < -0.3 is 20.6 Å². The molecule has 0 rings (SSSR count). The Morgan fingerprint density at radius 3 is 2.44 bits per heavy atom. The molecule has 0 fully saturated rings. The van der Waals surface area contributed by atoms with Gasteiger partial charge in [-0.3, -0.25) is 5.32 Å². The lowest BCUT2D eigenvalue weighted by atomic mass is 9.98. The fourth-order valence-electron chi connectivity index (χ4n) is 3.27. The van der Waals surface area contributed by atoms with Crippen LogP contribution in [-0.2, 0) is 4.74 Å². The maximum absolute atomic E-state index is 10.3. The Morgan fingerprint density at radius 1 is 1.22 bits per heavy atom. The van der Waals surface area contributed by atoms with Crippen LogP contribution in [-0.4, -0.2) is 42.7 Å². The molecule has 0 spiro atoms. The molecule has 184 valence electrons. The van der Waals surface area contributed by atoms with E-state index in [0.717, 1.165) is 13.0 Å². The number of aliphatic hydroxyl groups excluding tert-OH is 1. The summed E-state index contributed by atoms with van der Waals surface area (Å²) in [5.41, 5.74) is 7.42. The molecule has 2 unspecified atom stereocenters. The normalized spacial score (nSPS) is 15.7. The predicted molar refractivity (Wildman–Crippen MR) is 138 cm³/mol. The van der Waals surface area contributed by atoms with E-state index in [1.807, 2.05) is 6.21 Å². The molecule has 0 aromatic rings. The third kappa shape index (κ3) is 14.1. The molecule has 0 bridgehead atoms. The Hall–Kier alpha value is -2.05. The Bertz CT molecular complexity index is 632. The number of hydrogen-bond donors (Lipinski definition) is 3. The maximum atomic E-state index is 10.3. The number of allylic oxidation sites excluding steroid dienone is 4. The highest BCUT2D eigenvalue weighted by Gasteiger charge is 2.10. The largest absolute Gasteiger partial charge is 0.450 e. The third-order valence-electron chi connectivity index (χ3n) is 5.22. The number of rotatable bonds is 17. The van der Waals surface area contributed by atoms with Crippen LogP contribution in [0.15, 0.2) is 52.7 Å². The van der Waals surface area contributed by atoms with E-state index in [1.54, 1.807) is 19.9 Å². The molecular weight excluding hydrogens is 400 g/mol. The molecule has 0 saturated carbocycles. The lowest BCUT2D eigenvalue weighted by Gasteiger charge is -2.21. The average Bonchev–Trinajstić information content (AvgIpc) is 2.77. The van der Waals surface area contributed by atoms with Gasteiger partial charge in [0.2, 0.25) is 0 Å². The first kappa shape index (κ1) is 29.9. The number of nitrogens with two attached hydrogens (primary N) is 1. The minimum Gasteiger partial charge on any atom is -0.450 e. The van der Waals surface area contributed by atoms with Crippen molar-refractivity contribution in [2.75, 3.05) is 20.1 Å². The van der Waals surface area contributed by atoms with Gasteiger partial charge in [0, 0.05) is 37.8 Å². The minimum absolute atomic E-state index is 0.171. The van der Waals surface area contributed by atoms with Crippen molar-refractivity contribution in [3.05, 3.63) is 47.6 Å². The van der Waals surface area contributed by atoms with E-state index >= 15 is 0 Å². The van der Waals surface area contributed by atoms with E-state index in [4.69, 9.17) is 15.6 Å². The summed E-state index contributed by atoms with van der Waals surface area (Å²) in [4.78, 5) is 0. The van der Waals surface area contributed by atoms with Crippen molar-refractivity contribution in [1.29, 1.82) is 0 Å². The van der Waals surface area contributed by atoms with Gasteiger partial charge in [0.1, 0.15) is 6.23 Å². The van der Waals surface area contributed by atoms with E-state index in [2.05, 4.69) is 63.3 Å². The summed E-state index contributed by atoms with van der Waals surface area (Å²) in [5, 5.41) is 20.1. The van der Waals surface area contributed by atoms with Crippen molar-refractivity contribution in [2.45, 2.75) is 79.9 Å². The molecular formula is C26H48N4O2. The van der Waals surface area contributed by atoms with Gasteiger partial charge in [-0.05, 0) is 50.7 Å². The molecule has 0 saturated heterocycles. The summed E-state index contributed by atoms with van der Waals surface area (Å²) in [6.07, 6.45) is 16.6. The zero-order chi connectivity index (χ0) is 24.4. The van der Waals surface area contributed by atoms with E-state index in [1.165, 1.54) is 37.5 Å². The van der Waals surface area contributed by atoms with Gasteiger partial charge in [0.25, 0.3) is 0 Å². The maximum Gasteiger partial charge on any atom is 0.185 e. The van der Waals surface area contributed by atoms with Gasteiger partial charge in [0.15, 0.2) is 5.88 Å². The fraction of sp³-hybridized carbons (Fsp3) is 0.654. The van der Waals surface area contributed by atoms with Crippen LogP contribution in [0.25, 0.3) is 0 Å². The highest BCUT2D eigenvalue weighted by Crippen LogP contribution is 2.15. The summed E-state index contributed by atoms with van der Waals surface area (Å²) in [6.45, 7) is 13.9. The van der Waals surface area contributed by atoms with Crippen molar-refractivity contribution in [3.63, 3.8) is 0 Å². The van der Waals surface area contributed by atoms with Crippen LogP contribution >= 0.6 is 0 Å². The zero-order valence-corrected chi connectivity index (χ0v) is 21.5. The van der Waals surface area contributed by atoms with Crippen LogP contribution in [0.2, 0.25) is 0 Å². The molecule has 6 heteroatoms. The standard InChI is InChI=1S/C26H48N4O2/c1-8-12-15-24(16-17-28-26(31)22(6)20-32-25(27)11-4)21(5)18-29-30(7)19-23(13-9-2)14-10-3/h11-12,15-16,18,20-21,23,26,28,31H,8-10,13-14,17,19,27H2,1-7H3/b15-12-,22-20+,24-16+,25-11+,29-18-. The molecule has 32 heavy (non-hydrogen) atoms. The van der Waals surface area contributed by atoms with Crippen LogP contribution in [0, 0.1) is 11.8 Å². The molecule has 0 aliphatic rings.